The summed E-state index contributed by atoms with van der Waals surface area (Å²) < 4.78 is 12.9. The third-order valence-corrected chi connectivity index (χ3v) is 5.93. The minimum absolute atomic E-state index is 0.206. The summed E-state index contributed by atoms with van der Waals surface area (Å²) in [5.74, 6) is 1.39. The van der Waals surface area contributed by atoms with Crippen LogP contribution < -0.4 is 9.47 Å². The van der Waals surface area contributed by atoms with Gasteiger partial charge in [-0.15, -0.1) is 0 Å². The lowest BCUT2D eigenvalue weighted by Gasteiger charge is -2.31. The van der Waals surface area contributed by atoms with Crippen LogP contribution in [-0.2, 0) is 6.54 Å². The maximum absolute atomic E-state index is 5.92. The van der Waals surface area contributed by atoms with Gasteiger partial charge < -0.3 is 9.47 Å². The Morgan fingerprint density at radius 3 is 2.63 bits per heavy atom. The number of rotatable bonds is 6. The second-order valence-electron chi connectivity index (χ2n) is 7.19. The molecular formula is C22H21N5O2S. The third-order valence-electron chi connectivity index (χ3n) is 5.04. The average molecular weight is 420 g/mol. The van der Waals surface area contributed by atoms with E-state index < -0.39 is 0 Å². The largest absolute Gasteiger partial charge is 0.473 e. The highest BCUT2D eigenvalue weighted by Crippen LogP contribution is 2.30. The van der Waals surface area contributed by atoms with Crippen molar-refractivity contribution in [1.82, 2.24) is 24.8 Å². The lowest BCUT2D eigenvalue weighted by atomic mass is 10.1. The van der Waals surface area contributed by atoms with E-state index in [1.54, 1.807) is 24.8 Å². The lowest BCUT2D eigenvalue weighted by Crippen LogP contribution is -2.37. The second-order valence-corrected chi connectivity index (χ2v) is 8.18. The maximum Gasteiger partial charge on any atom is 0.281 e. The fourth-order valence-corrected chi connectivity index (χ4v) is 4.31. The van der Waals surface area contributed by atoms with Crippen molar-refractivity contribution in [3.8, 4) is 16.8 Å². The Kier molecular flexibility index (Phi) is 5.50. The molecule has 7 nitrogen and oxygen atoms in total. The van der Waals surface area contributed by atoms with Crippen LogP contribution >= 0.6 is 11.3 Å². The first-order chi connectivity index (χ1) is 14.8. The Morgan fingerprint density at radius 2 is 1.87 bits per heavy atom. The first-order valence-electron chi connectivity index (χ1n) is 9.95. The number of hydrogen-bond acceptors (Lipinski definition) is 8. The van der Waals surface area contributed by atoms with E-state index in [4.69, 9.17) is 9.47 Å². The molecular weight excluding hydrogens is 398 g/mol. The monoisotopic (exact) mass is 419 g/mol. The molecule has 30 heavy (non-hydrogen) atoms. The van der Waals surface area contributed by atoms with Crippen molar-refractivity contribution in [3.05, 3.63) is 66.7 Å². The molecule has 0 amide bonds. The molecule has 0 unspecified atom stereocenters. The summed E-state index contributed by atoms with van der Waals surface area (Å²) in [6.45, 7) is 2.92. The van der Waals surface area contributed by atoms with E-state index in [0.717, 1.165) is 48.6 Å². The van der Waals surface area contributed by atoms with E-state index in [-0.39, 0.29) is 6.10 Å². The number of benzene rings is 1. The maximum atomic E-state index is 5.92. The Balaban J connectivity index is 1.13. The molecule has 0 aliphatic carbocycles. The van der Waals surface area contributed by atoms with Crippen LogP contribution in [0.15, 0.2) is 61.2 Å². The van der Waals surface area contributed by atoms with Gasteiger partial charge in [-0.3, -0.25) is 9.88 Å². The predicted molar refractivity (Wildman–Crippen MR) is 115 cm³/mol. The Hall–Kier alpha value is -3.10. The van der Waals surface area contributed by atoms with Crippen molar-refractivity contribution in [2.24, 2.45) is 0 Å². The molecule has 4 aromatic rings. The number of fused-ring (bicyclic) bond motifs is 1. The van der Waals surface area contributed by atoms with Crippen LogP contribution in [0.2, 0.25) is 0 Å². The number of likely N-dealkylation sites (tertiary alicyclic amines) is 1. The average Bonchev–Trinajstić information content (AvgIpc) is 3.19. The summed E-state index contributed by atoms with van der Waals surface area (Å²) >= 11 is 1.50. The van der Waals surface area contributed by atoms with Gasteiger partial charge in [0.25, 0.3) is 5.19 Å². The van der Waals surface area contributed by atoms with Gasteiger partial charge in [0.1, 0.15) is 11.9 Å². The zero-order valence-corrected chi connectivity index (χ0v) is 17.2. The van der Waals surface area contributed by atoms with Gasteiger partial charge in [-0.05, 0) is 42.7 Å². The molecule has 1 aliphatic heterocycles. The van der Waals surface area contributed by atoms with Gasteiger partial charge in [0.15, 0.2) is 5.65 Å². The minimum atomic E-state index is 0.206. The van der Waals surface area contributed by atoms with Crippen molar-refractivity contribution in [2.75, 3.05) is 13.1 Å². The standard InChI is InChI=1S/C22H21N5O2S/c1-2-19-21(25-9-1)26-22(30-19)29-17-5-3-16(4-6-17)15-27-12-7-18(8-13-27)28-20-14-23-10-11-24-20/h1-6,9-11,14,18H,7-8,12-13,15H2. The minimum Gasteiger partial charge on any atom is -0.473 e. The van der Waals surface area contributed by atoms with Crippen molar-refractivity contribution in [2.45, 2.75) is 25.5 Å². The molecule has 0 atom stereocenters. The van der Waals surface area contributed by atoms with Crippen molar-refractivity contribution in [1.29, 1.82) is 0 Å². The molecule has 1 aromatic carbocycles. The van der Waals surface area contributed by atoms with Crippen LogP contribution in [0.3, 0.4) is 0 Å². The number of piperidine rings is 1. The molecule has 3 aromatic heterocycles. The normalized spacial score (nSPS) is 15.3. The van der Waals surface area contributed by atoms with Crippen LogP contribution in [0, 0.1) is 0 Å². The van der Waals surface area contributed by atoms with E-state index >= 15 is 0 Å². The molecule has 0 radical (unpaired) electrons. The zero-order valence-electron chi connectivity index (χ0n) is 16.3. The van der Waals surface area contributed by atoms with Crippen LogP contribution in [0.1, 0.15) is 18.4 Å². The molecule has 1 aliphatic rings. The SMILES string of the molecule is c1cnc2nc(Oc3ccc(CN4CCC(Oc5cnccn5)CC4)cc3)sc2c1. The van der Waals surface area contributed by atoms with Gasteiger partial charge >= 0.3 is 0 Å². The molecule has 4 heterocycles. The summed E-state index contributed by atoms with van der Waals surface area (Å²) in [5.41, 5.74) is 1.99. The predicted octanol–water partition coefficient (Wildman–Crippen LogP) is 4.32. The zero-order chi connectivity index (χ0) is 20.2. The number of pyridine rings is 1. The van der Waals surface area contributed by atoms with Gasteiger partial charge in [-0.2, -0.15) is 4.98 Å². The first kappa shape index (κ1) is 18.9. The van der Waals surface area contributed by atoms with Crippen molar-refractivity contribution >= 4 is 21.7 Å². The highest BCUT2D eigenvalue weighted by Gasteiger charge is 2.21. The number of nitrogens with zero attached hydrogens (tertiary/aromatic N) is 5. The molecule has 152 valence electrons. The van der Waals surface area contributed by atoms with E-state index in [1.165, 1.54) is 16.9 Å². The number of ether oxygens (including phenoxy) is 2. The molecule has 1 fully saturated rings. The lowest BCUT2D eigenvalue weighted by molar-refractivity contribution is 0.0929. The number of thiazole rings is 1. The van der Waals surface area contributed by atoms with Crippen molar-refractivity contribution in [3.63, 3.8) is 0 Å². The van der Waals surface area contributed by atoms with E-state index in [9.17, 15) is 0 Å². The van der Waals surface area contributed by atoms with E-state index in [0.29, 0.717) is 11.1 Å². The fourth-order valence-electron chi connectivity index (χ4n) is 3.52. The summed E-state index contributed by atoms with van der Waals surface area (Å²) in [5, 5.41) is 0.613. The summed E-state index contributed by atoms with van der Waals surface area (Å²) in [7, 11) is 0. The highest BCUT2D eigenvalue weighted by molar-refractivity contribution is 7.20. The quantitative estimate of drug-likeness (QED) is 0.461. The van der Waals surface area contributed by atoms with Gasteiger partial charge in [-0.1, -0.05) is 23.5 Å². The van der Waals surface area contributed by atoms with E-state index in [2.05, 4.69) is 37.0 Å². The molecule has 5 rings (SSSR count). The fraction of sp³-hybridized carbons (Fsp3) is 0.273. The third kappa shape index (κ3) is 4.55. The molecule has 8 heteroatoms. The molecule has 1 saturated heterocycles. The summed E-state index contributed by atoms with van der Waals surface area (Å²) in [6.07, 6.45) is 8.91. The Morgan fingerprint density at radius 1 is 1.00 bits per heavy atom. The summed E-state index contributed by atoms with van der Waals surface area (Å²) in [6, 6.07) is 12.1. The Labute approximate surface area is 178 Å². The first-order valence-corrected chi connectivity index (χ1v) is 10.8. The van der Waals surface area contributed by atoms with Crippen LogP contribution in [-0.4, -0.2) is 44.0 Å². The number of aromatic nitrogens is 4. The van der Waals surface area contributed by atoms with Gasteiger partial charge in [0.2, 0.25) is 5.88 Å². The van der Waals surface area contributed by atoms with Crippen molar-refractivity contribution < 1.29 is 9.47 Å². The number of hydrogen-bond donors (Lipinski definition) is 0. The van der Waals surface area contributed by atoms with Gasteiger partial charge in [0.05, 0.1) is 10.9 Å². The Bertz CT molecular complexity index is 1060. The molecule has 0 N–H and O–H groups in total. The highest BCUT2D eigenvalue weighted by atomic mass is 32.1. The topological polar surface area (TPSA) is 73.3 Å². The molecule has 0 spiro atoms. The summed E-state index contributed by atoms with van der Waals surface area (Å²) in [4.78, 5) is 19.4. The molecule has 0 saturated carbocycles. The second kappa shape index (κ2) is 8.73. The smallest absolute Gasteiger partial charge is 0.281 e. The van der Waals surface area contributed by atoms with Crippen LogP contribution in [0.4, 0.5) is 0 Å². The van der Waals surface area contributed by atoms with Gasteiger partial charge in [0, 0.05) is 38.2 Å². The van der Waals surface area contributed by atoms with Crippen LogP contribution in [0.5, 0.6) is 16.8 Å². The van der Waals surface area contributed by atoms with Gasteiger partial charge in [-0.25, -0.2) is 9.97 Å². The van der Waals surface area contributed by atoms with E-state index in [1.807, 2.05) is 24.3 Å². The molecule has 0 bridgehead atoms. The van der Waals surface area contributed by atoms with Crippen LogP contribution in [0.25, 0.3) is 10.3 Å².